The molecule has 3 rings (SSSR count). The Labute approximate surface area is 181 Å². The molecule has 1 aliphatic rings. The minimum Gasteiger partial charge on any atom is -0.344 e. The normalized spacial score (nSPS) is 15.7. The Bertz CT molecular complexity index is 859. The molecule has 0 unspecified atom stereocenters. The van der Waals surface area contributed by atoms with Gasteiger partial charge in [-0.05, 0) is 59.1 Å². The molecule has 0 atom stereocenters. The molecule has 2 aromatic rings. The standard InChI is InChI=1S/C25H38N4O/c1-5-6-15-27-17-19-28(20-18-27)25(30)13-12-22-21(2)29(16-9-14-26(3)4)24-11-8-7-10-23(22)24/h7-8,10-13H,5-6,9,14-20H2,1-4H3/b13-12+. The van der Waals surface area contributed by atoms with Crippen LogP contribution in [0.15, 0.2) is 30.3 Å². The second-order valence-electron chi connectivity index (χ2n) is 8.68. The van der Waals surface area contributed by atoms with Gasteiger partial charge in [0.1, 0.15) is 0 Å². The summed E-state index contributed by atoms with van der Waals surface area (Å²) in [7, 11) is 4.23. The lowest BCUT2D eigenvalue weighted by molar-refractivity contribution is -0.127. The molecule has 5 heteroatoms. The number of aryl methyl sites for hydroxylation is 1. The number of benzene rings is 1. The van der Waals surface area contributed by atoms with E-state index < -0.39 is 0 Å². The minimum atomic E-state index is 0.133. The highest BCUT2D eigenvalue weighted by molar-refractivity contribution is 5.97. The van der Waals surface area contributed by atoms with E-state index in [4.69, 9.17) is 0 Å². The Kier molecular flexibility index (Phi) is 8.11. The Morgan fingerprint density at radius 2 is 1.80 bits per heavy atom. The van der Waals surface area contributed by atoms with Gasteiger partial charge >= 0.3 is 0 Å². The molecule has 2 heterocycles. The van der Waals surface area contributed by atoms with Gasteiger partial charge in [0.15, 0.2) is 0 Å². The number of para-hydroxylation sites is 1. The van der Waals surface area contributed by atoms with Crippen molar-refractivity contribution in [3.8, 4) is 0 Å². The Balaban J connectivity index is 1.70. The van der Waals surface area contributed by atoms with Crippen LogP contribution in [0.5, 0.6) is 0 Å². The van der Waals surface area contributed by atoms with E-state index in [1.807, 2.05) is 11.0 Å². The molecule has 0 N–H and O–H groups in total. The molecule has 1 saturated heterocycles. The number of fused-ring (bicyclic) bond motifs is 1. The summed E-state index contributed by atoms with van der Waals surface area (Å²) >= 11 is 0. The molecular weight excluding hydrogens is 372 g/mol. The first-order valence-electron chi connectivity index (χ1n) is 11.4. The zero-order chi connectivity index (χ0) is 21.5. The maximum absolute atomic E-state index is 12.8. The average Bonchev–Trinajstić information content (AvgIpc) is 3.02. The van der Waals surface area contributed by atoms with Crippen LogP contribution < -0.4 is 0 Å². The minimum absolute atomic E-state index is 0.133. The Hall–Kier alpha value is -2.11. The number of nitrogens with zero attached hydrogens (tertiary/aromatic N) is 4. The van der Waals surface area contributed by atoms with Gasteiger partial charge in [-0.25, -0.2) is 0 Å². The lowest BCUT2D eigenvalue weighted by Gasteiger charge is -2.34. The molecule has 30 heavy (non-hydrogen) atoms. The Morgan fingerprint density at radius 3 is 2.50 bits per heavy atom. The first-order valence-corrected chi connectivity index (χ1v) is 11.4. The van der Waals surface area contributed by atoms with Gasteiger partial charge in [0, 0.05) is 61.0 Å². The van der Waals surface area contributed by atoms with E-state index >= 15 is 0 Å². The van der Waals surface area contributed by atoms with E-state index in [1.165, 1.54) is 35.0 Å². The van der Waals surface area contributed by atoms with Crippen molar-refractivity contribution < 1.29 is 4.79 Å². The van der Waals surface area contributed by atoms with Gasteiger partial charge in [0.25, 0.3) is 0 Å². The van der Waals surface area contributed by atoms with Gasteiger partial charge < -0.3 is 14.4 Å². The lowest BCUT2D eigenvalue weighted by Crippen LogP contribution is -2.48. The van der Waals surface area contributed by atoms with Crippen LogP contribution in [-0.2, 0) is 11.3 Å². The number of carbonyl (C=O) groups is 1. The lowest BCUT2D eigenvalue weighted by atomic mass is 10.1. The molecular formula is C25H38N4O. The SMILES string of the molecule is CCCCN1CCN(C(=O)/C=C/c2c(C)n(CCCN(C)C)c3ccccc23)CC1. The van der Waals surface area contributed by atoms with Crippen LogP contribution in [0.2, 0.25) is 0 Å². The predicted molar refractivity (Wildman–Crippen MR) is 127 cm³/mol. The third kappa shape index (κ3) is 5.52. The number of unbranched alkanes of at least 4 members (excludes halogenated alkanes) is 1. The topological polar surface area (TPSA) is 31.7 Å². The average molecular weight is 411 g/mol. The van der Waals surface area contributed by atoms with Crippen molar-refractivity contribution in [3.05, 3.63) is 41.6 Å². The van der Waals surface area contributed by atoms with Gasteiger partial charge in [-0.1, -0.05) is 31.5 Å². The summed E-state index contributed by atoms with van der Waals surface area (Å²) in [6.45, 7) is 11.3. The van der Waals surface area contributed by atoms with Crippen LogP contribution in [0, 0.1) is 6.92 Å². The summed E-state index contributed by atoms with van der Waals surface area (Å²) < 4.78 is 2.40. The smallest absolute Gasteiger partial charge is 0.246 e. The van der Waals surface area contributed by atoms with Crippen molar-refractivity contribution in [3.63, 3.8) is 0 Å². The molecule has 164 valence electrons. The quantitative estimate of drug-likeness (QED) is 0.589. The number of rotatable bonds is 9. The van der Waals surface area contributed by atoms with E-state index in [9.17, 15) is 4.79 Å². The highest BCUT2D eigenvalue weighted by Crippen LogP contribution is 2.27. The fourth-order valence-electron chi connectivity index (χ4n) is 4.33. The molecule has 5 nitrogen and oxygen atoms in total. The van der Waals surface area contributed by atoms with Crippen molar-refractivity contribution >= 4 is 22.9 Å². The van der Waals surface area contributed by atoms with Crippen molar-refractivity contribution in [2.24, 2.45) is 0 Å². The van der Waals surface area contributed by atoms with E-state index in [0.29, 0.717) is 0 Å². The third-order valence-electron chi connectivity index (χ3n) is 6.17. The van der Waals surface area contributed by atoms with E-state index in [0.717, 1.165) is 52.2 Å². The summed E-state index contributed by atoms with van der Waals surface area (Å²) in [6, 6.07) is 8.54. The molecule has 1 amide bonds. The third-order valence-corrected chi connectivity index (χ3v) is 6.17. The highest BCUT2D eigenvalue weighted by Gasteiger charge is 2.19. The number of hydrogen-bond acceptors (Lipinski definition) is 3. The molecule has 0 radical (unpaired) electrons. The van der Waals surface area contributed by atoms with Crippen LogP contribution >= 0.6 is 0 Å². The van der Waals surface area contributed by atoms with Crippen LogP contribution in [0.4, 0.5) is 0 Å². The van der Waals surface area contributed by atoms with E-state index in [2.05, 4.69) is 66.6 Å². The summed E-state index contributed by atoms with van der Waals surface area (Å²) in [5.74, 6) is 0.133. The number of hydrogen-bond donors (Lipinski definition) is 0. The van der Waals surface area contributed by atoms with Crippen LogP contribution in [0.1, 0.15) is 37.4 Å². The van der Waals surface area contributed by atoms with Crippen molar-refractivity contribution in [2.75, 3.05) is 53.4 Å². The molecule has 1 aliphatic heterocycles. The van der Waals surface area contributed by atoms with Crippen LogP contribution in [0.3, 0.4) is 0 Å². The summed E-state index contributed by atoms with van der Waals surface area (Å²) in [5.41, 5.74) is 3.67. The number of amides is 1. The maximum atomic E-state index is 12.8. The van der Waals surface area contributed by atoms with Crippen molar-refractivity contribution in [1.29, 1.82) is 0 Å². The van der Waals surface area contributed by atoms with Crippen LogP contribution in [0.25, 0.3) is 17.0 Å². The monoisotopic (exact) mass is 410 g/mol. The molecule has 0 bridgehead atoms. The summed E-state index contributed by atoms with van der Waals surface area (Å²) in [5, 5.41) is 1.23. The highest BCUT2D eigenvalue weighted by atomic mass is 16.2. The fraction of sp³-hybridized carbons (Fsp3) is 0.560. The molecule has 0 spiro atoms. The fourth-order valence-corrected chi connectivity index (χ4v) is 4.33. The second kappa shape index (κ2) is 10.8. The first-order chi connectivity index (χ1) is 14.5. The zero-order valence-electron chi connectivity index (χ0n) is 19.2. The number of aromatic nitrogens is 1. The molecule has 0 saturated carbocycles. The summed E-state index contributed by atoms with van der Waals surface area (Å²) in [6.07, 6.45) is 7.39. The number of carbonyl (C=O) groups excluding carboxylic acids is 1. The number of piperazine rings is 1. The van der Waals surface area contributed by atoms with Crippen molar-refractivity contribution in [1.82, 2.24) is 19.3 Å². The molecule has 0 aliphatic carbocycles. The maximum Gasteiger partial charge on any atom is 0.246 e. The van der Waals surface area contributed by atoms with Crippen molar-refractivity contribution in [2.45, 2.75) is 39.7 Å². The van der Waals surface area contributed by atoms with Gasteiger partial charge in [-0.15, -0.1) is 0 Å². The molecule has 1 aromatic heterocycles. The second-order valence-corrected chi connectivity index (χ2v) is 8.68. The Morgan fingerprint density at radius 1 is 1.07 bits per heavy atom. The molecule has 1 aromatic carbocycles. The zero-order valence-corrected chi connectivity index (χ0v) is 19.2. The predicted octanol–water partition coefficient (Wildman–Crippen LogP) is 3.86. The molecule has 1 fully saturated rings. The first kappa shape index (κ1) is 22.6. The summed E-state index contributed by atoms with van der Waals surface area (Å²) in [4.78, 5) is 19.5. The van der Waals surface area contributed by atoms with Gasteiger partial charge in [-0.2, -0.15) is 0 Å². The van der Waals surface area contributed by atoms with E-state index in [1.54, 1.807) is 6.08 Å². The van der Waals surface area contributed by atoms with Gasteiger partial charge in [0.2, 0.25) is 5.91 Å². The van der Waals surface area contributed by atoms with Gasteiger partial charge in [0.05, 0.1) is 0 Å². The largest absolute Gasteiger partial charge is 0.344 e. The van der Waals surface area contributed by atoms with Gasteiger partial charge in [-0.3, -0.25) is 9.69 Å². The van der Waals surface area contributed by atoms with Crippen LogP contribution in [-0.4, -0.2) is 78.5 Å². The van der Waals surface area contributed by atoms with E-state index in [-0.39, 0.29) is 5.91 Å².